The Kier molecular flexibility index (Phi) is 12.3. The lowest BCUT2D eigenvalue weighted by Gasteiger charge is -2.16. The maximum atomic E-state index is 10.6. The average Bonchev–Trinajstić information content (AvgIpc) is 2.33. The highest BCUT2D eigenvalue weighted by molar-refractivity contribution is 5.67. The molecule has 0 aliphatic carbocycles. The van der Waals surface area contributed by atoms with E-state index in [1.807, 2.05) is 13.8 Å². The van der Waals surface area contributed by atoms with Crippen LogP contribution in [0.15, 0.2) is 0 Å². The third-order valence-corrected chi connectivity index (χ3v) is 2.07. The number of hydrogen-bond acceptors (Lipinski definition) is 5. The molecule has 0 rings (SSSR count). The van der Waals surface area contributed by atoms with E-state index in [0.29, 0.717) is 39.6 Å². The van der Waals surface area contributed by atoms with E-state index in [0.717, 1.165) is 0 Å². The molecule has 0 fully saturated rings. The van der Waals surface area contributed by atoms with E-state index >= 15 is 0 Å². The summed E-state index contributed by atoms with van der Waals surface area (Å²) in [6, 6.07) is 0. The molecule has 108 valence electrons. The number of carbonyl (C=O) groups is 1. The van der Waals surface area contributed by atoms with Gasteiger partial charge in [0, 0.05) is 13.2 Å². The van der Waals surface area contributed by atoms with Gasteiger partial charge in [-0.15, -0.1) is 0 Å². The van der Waals surface area contributed by atoms with Crippen LogP contribution in [0.3, 0.4) is 0 Å². The van der Waals surface area contributed by atoms with Gasteiger partial charge in [-0.1, -0.05) is 0 Å². The molecule has 6 heteroatoms. The number of carboxylic acid groups (broad SMARTS) is 1. The van der Waals surface area contributed by atoms with Gasteiger partial charge in [-0.05, 0) is 13.8 Å². The highest BCUT2D eigenvalue weighted by Crippen LogP contribution is 2.00. The molecule has 6 nitrogen and oxygen atoms in total. The molecule has 0 bridgehead atoms. The second-order valence-electron chi connectivity index (χ2n) is 3.56. The summed E-state index contributed by atoms with van der Waals surface area (Å²) in [5.41, 5.74) is 0. The number of ether oxygens (including phenoxy) is 4. The predicted octanol–water partition coefficient (Wildman–Crippen LogP) is 0.936. The summed E-state index contributed by atoms with van der Waals surface area (Å²) in [5, 5.41) is 8.74. The second-order valence-corrected chi connectivity index (χ2v) is 3.56. The van der Waals surface area contributed by atoms with Gasteiger partial charge in [0.05, 0.1) is 45.6 Å². The van der Waals surface area contributed by atoms with Gasteiger partial charge in [-0.3, -0.25) is 4.79 Å². The van der Waals surface area contributed by atoms with E-state index < -0.39 is 12.1 Å². The van der Waals surface area contributed by atoms with E-state index in [-0.39, 0.29) is 13.0 Å². The molecule has 0 aliphatic rings. The highest BCUT2D eigenvalue weighted by Gasteiger charge is 2.13. The molecule has 18 heavy (non-hydrogen) atoms. The largest absolute Gasteiger partial charge is 0.481 e. The van der Waals surface area contributed by atoms with Crippen LogP contribution in [0.5, 0.6) is 0 Å². The number of aliphatic carboxylic acids is 1. The van der Waals surface area contributed by atoms with Crippen molar-refractivity contribution in [2.45, 2.75) is 26.4 Å². The minimum absolute atomic E-state index is 0.0687. The van der Waals surface area contributed by atoms with Crippen LogP contribution in [0.1, 0.15) is 20.3 Å². The van der Waals surface area contributed by atoms with Crippen LogP contribution in [-0.2, 0) is 23.7 Å². The molecule has 0 spiro atoms. The molecular weight excluding hydrogens is 240 g/mol. The van der Waals surface area contributed by atoms with Crippen LogP contribution < -0.4 is 0 Å². The van der Waals surface area contributed by atoms with Crippen LogP contribution in [0.2, 0.25) is 0 Å². The number of rotatable bonds is 13. The van der Waals surface area contributed by atoms with Gasteiger partial charge in [-0.25, -0.2) is 0 Å². The lowest BCUT2D eigenvalue weighted by molar-refractivity contribution is -0.142. The fraction of sp³-hybridized carbons (Fsp3) is 0.917. The molecule has 0 amide bonds. The van der Waals surface area contributed by atoms with Gasteiger partial charge in [-0.2, -0.15) is 0 Å². The Morgan fingerprint density at radius 2 is 1.56 bits per heavy atom. The quantitative estimate of drug-likeness (QED) is 0.499. The van der Waals surface area contributed by atoms with Gasteiger partial charge in [0.15, 0.2) is 0 Å². The molecule has 0 aliphatic heterocycles. The van der Waals surface area contributed by atoms with Crippen molar-refractivity contribution in [3.8, 4) is 0 Å². The Hall–Kier alpha value is -0.690. The van der Waals surface area contributed by atoms with E-state index in [1.54, 1.807) is 0 Å². The zero-order chi connectivity index (χ0) is 13.6. The average molecular weight is 264 g/mol. The van der Waals surface area contributed by atoms with E-state index in [2.05, 4.69) is 0 Å². The first-order valence-corrected chi connectivity index (χ1v) is 6.27. The van der Waals surface area contributed by atoms with Gasteiger partial charge in [0.2, 0.25) is 0 Å². The minimum atomic E-state index is -0.898. The Balaban J connectivity index is 3.66. The van der Waals surface area contributed by atoms with Crippen molar-refractivity contribution in [3.05, 3.63) is 0 Å². The predicted molar refractivity (Wildman–Crippen MR) is 65.8 cm³/mol. The van der Waals surface area contributed by atoms with Crippen molar-refractivity contribution in [1.29, 1.82) is 0 Å². The SMILES string of the molecule is CCOCCOCC(CC(=O)O)OCCOCC. The topological polar surface area (TPSA) is 74.2 Å². The lowest BCUT2D eigenvalue weighted by Crippen LogP contribution is -2.26. The standard InChI is InChI=1S/C12H24O6/c1-3-15-5-6-17-10-11(9-12(13)14)18-8-7-16-4-2/h11H,3-10H2,1-2H3,(H,13,14). The summed E-state index contributed by atoms with van der Waals surface area (Å²) in [6.45, 7) is 7.12. The van der Waals surface area contributed by atoms with Crippen LogP contribution in [0, 0.1) is 0 Å². The molecule has 0 radical (unpaired) electrons. The van der Waals surface area contributed by atoms with E-state index in [1.165, 1.54) is 0 Å². The first-order chi connectivity index (χ1) is 8.70. The molecular formula is C12H24O6. The first-order valence-electron chi connectivity index (χ1n) is 6.27. The molecule has 0 aromatic rings. The van der Waals surface area contributed by atoms with Crippen molar-refractivity contribution in [1.82, 2.24) is 0 Å². The fourth-order valence-electron chi connectivity index (χ4n) is 1.26. The molecule has 1 atom stereocenters. The van der Waals surface area contributed by atoms with Crippen molar-refractivity contribution >= 4 is 5.97 Å². The molecule has 0 saturated heterocycles. The maximum Gasteiger partial charge on any atom is 0.306 e. The number of carboxylic acids is 1. The molecule has 0 heterocycles. The van der Waals surface area contributed by atoms with Crippen molar-refractivity contribution in [2.75, 3.05) is 46.2 Å². The van der Waals surface area contributed by atoms with Gasteiger partial charge >= 0.3 is 5.97 Å². The summed E-state index contributed by atoms with van der Waals surface area (Å²) in [5.74, 6) is -0.898. The molecule has 1 N–H and O–H groups in total. The van der Waals surface area contributed by atoms with Crippen molar-refractivity contribution < 1.29 is 28.8 Å². The normalized spacial score (nSPS) is 12.6. The smallest absolute Gasteiger partial charge is 0.306 e. The van der Waals surface area contributed by atoms with Gasteiger partial charge in [0.1, 0.15) is 0 Å². The van der Waals surface area contributed by atoms with E-state index in [4.69, 9.17) is 24.1 Å². The summed E-state index contributed by atoms with van der Waals surface area (Å²) in [6.07, 6.45) is -0.509. The molecule has 0 saturated carbocycles. The maximum absolute atomic E-state index is 10.6. The Morgan fingerprint density at radius 1 is 1.00 bits per heavy atom. The summed E-state index contributed by atoms with van der Waals surface area (Å²) >= 11 is 0. The highest BCUT2D eigenvalue weighted by atomic mass is 16.6. The van der Waals surface area contributed by atoms with Gasteiger partial charge < -0.3 is 24.1 Å². The monoisotopic (exact) mass is 264 g/mol. The first kappa shape index (κ1) is 17.3. The van der Waals surface area contributed by atoms with Crippen LogP contribution in [-0.4, -0.2) is 63.4 Å². The van der Waals surface area contributed by atoms with Crippen LogP contribution >= 0.6 is 0 Å². The lowest BCUT2D eigenvalue weighted by atomic mass is 10.3. The Morgan fingerprint density at radius 3 is 2.11 bits per heavy atom. The molecule has 0 aromatic heterocycles. The summed E-state index contributed by atoms with van der Waals surface area (Å²) < 4.78 is 20.9. The van der Waals surface area contributed by atoms with Crippen molar-refractivity contribution in [3.63, 3.8) is 0 Å². The zero-order valence-corrected chi connectivity index (χ0v) is 11.2. The van der Waals surface area contributed by atoms with Crippen LogP contribution in [0.4, 0.5) is 0 Å². The second kappa shape index (κ2) is 12.8. The Labute approximate surface area is 108 Å². The third-order valence-electron chi connectivity index (χ3n) is 2.07. The summed E-state index contributed by atoms with van der Waals surface area (Å²) in [7, 11) is 0. The van der Waals surface area contributed by atoms with Crippen LogP contribution in [0.25, 0.3) is 0 Å². The summed E-state index contributed by atoms with van der Waals surface area (Å²) in [4.78, 5) is 10.6. The Bertz CT molecular complexity index is 197. The third kappa shape index (κ3) is 11.8. The fourth-order valence-corrected chi connectivity index (χ4v) is 1.26. The molecule has 1 unspecified atom stereocenters. The zero-order valence-electron chi connectivity index (χ0n) is 11.2. The van der Waals surface area contributed by atoms with E-state index in [9.17, 15) is 4.79 Å². The minimum Gasteiger partial charge on any atom is -0.481 e. The van der Waals surface area contributed by atoms with Gasteiger partial charge in [0.25, 0.3) is 0 Å². The van der Waals surface area contributed by atoms with Crippen molar-refractivity contribution in [2.24, 2.45) is 0 Å². The molecule has 0 aromatic carbocycles. The number of hydrogen-bond donors (Lipinski definition) is 1.